The Bertz CT molecular complexity index is 358. The van der Waals surface area contributed by atoms with Crippen LogP contribution >= 0.6 is 23.2 Å². The summed E-state index contributed by atoms with van der Waals surface area (Å²) in [5, 5.41) is 8.63. The Morgan fingerprint density at radius 1 is 1.59 bits per heavy atom. The minimum absolute atomic E-state index is 0.00370. The highest BCUT2D eigenvalue weighted by molar-refractivity contribution is 6.42. The number of carbonyl (C=O) groups excluding carboxylic acids is 1. The molecule has 0 aromatic heterocycles. The number of hydrogen-bond donors (Lipinski definition) is 1. The van der Waals surface area contributed by atoms with E-state index in [2.05, 4.69) is 0 Å². The quantitative estimate of drug-likeness (QED) is 0.805. The average molecular weight is 279 g/mol. The molecule has 5 atom stereocenters. The summed E-state index contributed by atoms with van der Waals surface area (Å²) in [5.41, 5.74) is 0. The van der Waals surface area contributed by atoms with E-state index < -0.39 is 22.1 Å². The van der Waals surface area contributed by atoms with Crippen LogP contribution in [0, 0.1) is 17.8 Å². The van der Waals surface area contributed by atoms with Gasteiger partial charge in [-0.1, -0.05) is 13.3 Å². The van der Waals surface area contributed by atoms with Crippen molar-refractivity contribution in [3.8, 4) is 0 Å². The summed E-state index contributed by atoms with van der Waals surface area (Å²) in [6, 6.07) is 0. The van der Waals surface area contributed by atoms with Crippen LogP contribution in [0.2, 0.25) is 0 Å². The average Bonchev–Trinajstić information content (AvgIpc) is 2.71. The SMILES string of the molecule is CCC(Cl)C(Cl)(C(=O)O)C1C(=O)C2CCCC21. The molecule has 0 amide bonds. The van der Waals surface area contributed by atoms with E-state index in [1.807, 2.05) is 0 Å². The van der Waals surface area contributed by atoms with Gasteiger partial charge >= 0.3 is 5.97 Å². The second-order valence-corrected chi connectivity index (χ2v) is 6.18. The van der Waals surface area contributed by atoms with Gasteiger partial charge in [-0.2, -0.15) is 0 Å². The standard InChI is InChI=1S/C12H16Cl2O3/c1-2-8(13)12(14,11(16)17)9-6-4-3-5-7(6)10(9)15/h6-9H,2-5H2,1H3,(H,16,17). The number of carboxylic acids is 1. The normalized spacial score (nSPS) is 36.9. The second-order valence-electron chi connectivity index (χ2n) is 5.03. The second kappa shape index (κ2) is 4.43. The van der Waals surface area contributed by atoms with Gasteiger partial charge in [-0.15, -0.1) is 23.2 Å². The lowest BCUT2D eigenvalue weighted by atomic mass is 9.59. The highest BCUT2D eigenvalue weighted by Crippen LogP contribution is 2.56. The highest BCUT2D eigenvalue weighted by Gasteiger charge is 2.64. The lowest BCUT2D eigenvalue weighted by Gasteiger charge is -2.47. The molecule has 0 aromatic rings. The Hall–Kier alpha value is -0.280. The first-order valence-corrected chi connectivity index (χ1v) is 6.86. The molecular formula is C12H16Cl2O3. The van der Waals surface area contributed by atoms with Crippen LogP contribution in [0.25, 0.3) is 0 Å². The van der Waals surface area contributed by atoms with E-state index in [1.54, 1.807) is 6.92 Å². The summed E-state index contributed by atoms with van der Waals surface area (Å²) in [7, 11) is 0. The summed E-state index contributed by atoms with van der Waals surface area (Å²) in [6.45, 7) is 1.78. The van der Waals surface area contributed by atoms with Crippen LogP contribution in [0.15, 0.2) is 0 Å². The fourth-order valence-corrected chi connectivity index (χ4v) is 3.99. The molecule has 17 heavy (non-hydrogen) atoms. The number of carboxylic acid groups (broad SMARTS) is 1. The highest BCUT2D eigenvalue weighted by atomic mass is 35.5. The third-order valence-electron chi connectivity index (χ3n) is 4.26. The van der Waals surface area contributed by atoms with Gasteiger partial charge < -0.3 is 5.11 Å². The van der Waals surface area contributed by atoms with E-state index in [-0.39, 0.29) is 17.6 Å². The molecule has 5 unspecified atom stereocenters. The number of alkyl halides is 2. The minimum Gasteiger partial charge on any atom is -0.480 e. The van der Waals surface area contributed by atoms with Crippen molar-refractivity contribution < 1.29 is 14.7 Å². The van der Waals surface area contributed by atoms with Crippen molar-refractivity contribution >= 4 is 35.0 Å². The Kier molecular flexibility index (Phi) is 3.43. The summed E-state index contributed by atoms with van der Waals surface area (Å²) >= 11 is 12.3. The summed E-state index contributed by atoms with van der Waals surface area (Å²) in [4.78, 5) is 21.8. The number of ketones is 1. The van der Waals surface area contributed by atoms with E-state index in [0.717, 1.165) is 19.3 Å². The van der Waals surface area contributed by atoms with Crippen LogP contribution in [0.5, 0.6) is 0 Å². The van der Waals surface area contributed by atoms with Crippen molar-refractivity contribution in [2.45, 2.75) is 42.9 Å². The number of aliphatic carboxylic acids is 1. The summed E-state index contributed by atoms with van der Waals surface area (Å²) in [6.07, 6.45) is 3.21. The van der Waals surface area contributed by atoms with Crippen LogP contribution in [-0.4, -0.2) is 27.1 Å². The van der Waals surface area contributed by atoms with E-state index in [1.165, 1.54) is 0 Å². The van der Waals surface area contributed by atoms with Crippen molar-refractivity contribution in [1.82, 2.24) is 0 Å². The smallest absolute Gasteiger partial charge is 0.327 e. The van der Waals surface area contributed by atoms with Gasteiger partial charge in [0.05, 0.1) is 11.3 Å². The monoisotopic (exact) mass is 278 g/mol. The van der Waals surface area contributed by atoms with Gasteiger partial charge in [-0.05, 0) is 25.2 Å². The molecule has 0 radical (unpaired) electrons. The molecule has 0 aliphatic heterocycles. The number of carbonyl (C=O) groups is 2. The number of rotatable bonds is 4. The zero-order valence-corrected chi connectivity index (χ0v) is 11.2. The molecule has 2 fully saturated rings. The van der Waals surface area contributed by atoms with E-state index in [9.17, 15) is 14.7 Å². The van der Waals surface area contributed by atoms with Crippen molar-refractivity contribution in [1.29, 1.82) is 0 Å². The molecular weight excluding hydrogens is 263 g/mol. The Labute approximate surface area is 110 Å². The molecule has 0 bridgehead atoms. The maximum absolute atomic E-state index is 12.0. The fourth-order valence-electron chi connectivity index (χ4n) is 3.34. The Morgan fingerprint density at radius 3 is 2.76 bits per heavy atom. The predicted molar refractivity (Wildman–Crippen MR) is 65.5 cm³/mol. The fraction of sp³-hybridized carbons (Fsp3) is 0.833. The topological polar surface area (TPSA) is 54.4 Å². The number of Topliss-reactive ketones (excluding diaryl/α,β-unsaturated/α-hetero) is 1. The molecule has 1 N–H and O–H groups in total. The zero-order chi connectivity index (χ0) is 12.8. The minimum atomic E-state index is -1.63. The number of fused-ring (bicyclic) bond motifs is 1. The van der Waals surface area contributed by atoms with Gasteiger partial charge in [0.1, 0.15) is 5.78 Å². The van der Waals surface area contributed by atoms with Gasteiger partial charge in [-0.3, -0.25) is 9.59 Å². The molecule has 0 aromatic carbocycles. The van der Waals surface area contributed by atoms with E-state index in [4.69, 9.17) is 23.2 Å². The Balaban J connectivity index is 2.29. The van der Waals surface area contributed by atoms with Crippen LogP contribution in [0.3, 0.4) is 0 Å². The number of halogens is 2. The molecule has 0 spiro atoms. The van der Waals surface area contributed by atoms with Gasteiger partial charge in [0.25, 0.3) is 0 Å². The third kappa shape index (κ3) is 1.70. The molecule has 96 valence electrons. The lowest BCUT2D eigenvalue weighted by molar-refractivity contribution is -0.155. The molecule has 2 saturated carbocycles. The zero-order valence-electron chi connectivity index (χ0n) is 9.66. The van der Waals surface area contributed by atoms with E-state index in [0.29, 0.717) is 6.42 Å². The van der Waals surface area contributed by atoms with Crippen LogP contribution in [0.1, 0.15) is 32.6 Å². The lowest BCUT2D eigenvalue weighted by Crippen LogP contribution is -2.61. The van der Waals surface area contributed by atoms with Crippen molar-refractivity contribution in [3.63, 3.8) is 0 Å². The predicted octanol–water partition coefficient (Wildman–Crippen LogP) is 2.68. The first-order chi connectivity index (χ1) is 7.94. The molecule has 0 heterocycles. The molecule has 2 rings (SSSR count). The summed E-state index contributed by atoms with van der Waals surface area (Å²) < 4.78 is 0. The van der Waals surface area contributed by atoms with E-state index >= 15 is 0 Å². The van der Waals surface area contributed by atoms with Gasteiger partial charge in [-0.25, -0.2) is 0 Å². The largest absolute Gasteiger partial charge is 0.480 e. The molecule has 5 heteroatoms. The first-order valence-electron chi connectivity index (χ1n) is 6.04. The van der Waals surface area contributed by atoms with Crippen LogP contribution in [-0.2, 0) is 9.59 Å². The van der Waals surface area contributed by atoms with Crippen LogP contribution < -0.4 is 0 Å². The van der Waals surface area contributed by atoms with Crippen molar-refractivity contribution in [3.05, 3.63) is 0 Å². The molecule has 0 saturated heterocycles. The molecule has 3 nitrogen and oxygen atoms in total. The number of hydrogen-bond acceptors (Lipinski definition) is 2. The van der Waals surface area contributed by atoms with Crippen molar-refractivity contribution in [2.75, 3.05) is 0 Å². The van der Waals surface area contributed by atoms with Crippen molar-refractivity contribution in [2.24, 2.45) is 17.8 Å². The van der Waals surface area contributed by atoms with Gasteiger partial charge in [0, 0.05) is 5.92 Å². The molecule has 2 aliphatic rings. The maximum atomic E-state index is 12.0. The van der Waals surface area contributed by atoms with Crippen LogP contribution in [0.4, 0.5) is 0 Å². The first kappa shape index (κ1) is 13.2. The summed E-state index contributed by atoms with van der Waals surface area (Å²) in [5.74, 6) is -1.59. The maximum Gasteiger partial charge on any atom is 0.327 e. The third-order valence-corrected chi connectivity index (χ3v) is 5.69. The van der Waals surface area contributed by atoms with Gasteiger partial charge in [0.15, 0.2) is 4.87 Å². The molecule has 2 aliphatic carbocycles. The van der Waals surface area contributed by atoms with Gasteiger partial charge in [0.2, 0.25) is 0 Å². The Morgan fingerprint density at radius 2 is 2.24 bits per heavy atom.